The second-order valence-electron chi connectivity index (χ2n) is 3.53. The summed E-state index contributed by atoms with van der Waals surface area (Å²) in [5.74, 6) is 1.19. The molecule has 5 heteroatoms. The van der Waals surface area contributed by atoms with Crippen molar-refractivity contribution in [1.29, 1.82) is 0 Å². The number of Topliss-reactive ketones (excluding diaryl/α,β-unsaturated/α-hetero) is 1. The maximum atomic E-state index is 11.8. The molecule has 0 N–H and O–H groups in total. The summed E-state index contributed by atoms with van der Waals surface area (Å²) in [6.07, 6.45) is 0.797. The van der Waals surface area contributed by atoms with E-state index in [-0.39, 0.29) is 11.7 Å². The monoisotopic (exact) mass is 250 g/mol. The zero-order chi connectivity index (χ0) is 12.1. The third kappa shape index (κ3) is 3.14. The Morgan fingerprint density at radius 2 is 2.06 bits per heavy atom. The van der Waals surface area contributed by atoms with Crippen molar-refractivity contribution in [3.8, 4) is 0 Å². The average Bonchev–Trinajstić information content (AvgIpc) is 2.85. The molecule has 1 aromatic carbocycles. The molecule has 0 radical (unpaired) electrons. The maximum Gasteiger partial charge on any atom is 0.227 e. The van der Waals surface area contributed by atoms with E-state index < -0.39 is 0 Å². The first-order valence-electron chi connectivity index (χ1n) is 5.25. The predicted molar refractivity (Wildman–Crippen MR) is 62.9 cm³/mol. The van der Waals surface area contributed by atoms with Crippen LogP contribution in [0.3, 0.4) is 0 Å². The van der Waals surface area contributed by atoms with E-state index in [0.29, 0.717) is 30.1 Å². The highest BCUT2D eigenvalue weighted by Gasteiger charge is 2.09. The summed E-state index contributed by atoms with van der Waals surface area (Å²) in [5, 5.41) is 3.66. The normalized spacial score (nSPS) is 10.4. The standard InChI is InChI=1S/C12H11ClN2O2/c13-8-11-14-12(17-15-11)7-6-10(16)9-4-2-1-3-5-9/h1-5H,6-8H2. The SMILES string of the molecule is O=C(CCc1nc(CCl)no1)c1ccccc1. The van der Waals surface area contributed by atoms with E-state index >= 15 is 0 Å². The molecule has 1 aromatic heterocycles. The molecule has 0 unspecified atom stereocenters. The summed E-state index contributed by atoms with van der Waals surface area (Å²) in [7, 11) is 0. The fraction of sp³-hybridized carbons (Fsp3) is 0.250. The molecule has 0 amide bonds. The van der Waals surface area contributed by atoms with E-state index in [0.717, 1.165) is 0 Å². The number of carbonyl (C=O) groups excluding carboxylic acids is 1. The van der Waals surface area contributed by atoms with Crippen molar-refractivity contribution < 1.29 is 9.32 Å². The molecule has 0 saturated heterocycles. The van der Waals surface area contributed by atoms with E-state index in [1.54, 1.807) is 12.1 Å². The van der Waals surface area contributed by atoms with Crippen LogP contribution in [0.25, 0.3) is 0 Å². The highest BCUT2D eigenvalue weighted by Crippen LogP contribution is 2.08. The summed E-state index contributed by atoms with van der Waals surface area (Å²) in [6.45, 7) is 0. The Hall–Kier alpha value is -1.68. The first-order valence-corrected chi connectivity index (χ1v) is 5.78. The van der Waals surface area contributed by atoms with Crippen molar-refractivity contribution in [1.82, 2.24) is 10.1 Å². The Balaban J connectivity index is 1.92. The Labute approximate surface area is 104 Å². The lowest BCUT2D eigenvalue weighted by molar-refractivity contribution is 0.0979. The first-order chi connectivity index (χ1) is 8.29. The van der Waals surface area contributed by atoms with Crippen LogP contribution in [0.5, 0.6) is 0 Å². The van der Waals surface area contributed by atoms with Gasteiger partial charge < -0.3 is 4.52 Å². The highest BCUT2D eigenvalue weighted by molar-refractivity contribution is 6.16. The molecule has 0 atom stereocenters. The molecule has 88 valence electrons. The van der Waals surface area contributed by atoms with Gasteiger partial charge in [-0.2, -0.15) is 4.98 Å². The van der Waals surface area contributed by atoms with Crippen LogP contribution in [-0.2, 0) is 12.3 Å². The van der Waals surface area contributed by atoms with Gasteiger partial charge in [0.25, 0.3) is 0 Å². The molecule has 0 fully saturated rings. The van der Waals surface area contributed by atoms with Gasteiger partial charge in [0.15, 0.2) is 11.6 Å². The molecule has 17 heavy (non-hydrogen) atoms. The van der Waals surface area contributed by atoms with Crippen LogP contribution in [0.4, 0.5) is 0 Å². The molecule has 4 nitrogen and oxygen atoms in total. The smallest absolute Gasteiger partial charge is 0.227 e. The predicted octanol–water partition coefficient (Wildman–Crippen LogP) is 2.62. The quantitative estimate of drug-likeness (QED) is 0.605. The second kappa shape index (κ2) is 5.59. The minimum absolute atomic E-state index is 0.0659. The molecule has 2 aromatic rings. The Morgan fingerprint density at radius 1 is 1.29 bits per heavy atom. The number of ketones is 1. The van der Waals surface area contributed by atoms with Gasteiger partial charge in [0.05, 0.1) is 5.88 Å². The van der Waals surface area contributed by atoms with Crippen molar-refractivity contribution in [2.24, 2.45) is 0 Å². The number of benzene rings is 1. The van der Waals surface area contributed by atoms with E-state index in [4.69, 9.17) is 16.1 Å². The van der Waals surface area contributed by atoms with E-state index in [1.165, 1.54) is 0 Å². The largest absolute Gasteiger partial charge is 0.339 e. The molecular weight excluding hydrogens is 240 g/mol. The Bertz CT molecular complexity index is 496. The van der Waals surface area contributed by atoms with Crippen LogP contribution >= 0.6 is 11.6 Å². The molecule has 0 bridgehead atoms. The van der Waals surface area contributed by atoms with Crippen molar-refractivity contribution in [3.63, 3.8) is 0 Å². The summed E-state index contributed by atoms with van der Waals surface area (Å²) >= 11 is 5.55. The minimum atomic E-state index is 0.0659. The van der Waals surface area contributed by atoms with Gasteiger partial charge in [-0.3, -0.25) is 4.79 Å². The van der Waals surface area contributed by atoms with Gasteiger partial charge in [0, 0.05) is 18.4 Å². The molecule has 2 rings (SSSR count). The van der Waals surface area contributed by atoms with Crippen molar-refractivity contribution in [3.05, 3.63) is 47.6 Å². The topological polar surface area (TPSA) is 56.0 Å². The lowest BCUT2D eigenvalue weighted by atomic mass is 10.1. The van der Waals surface area contributed by atoms with Crippen LogP contribution < -0.4 is 0 Å². The van der Waals surface area contributed by atoms with Crippen LogP contribution in [-0.4, -0.2) is 15.9 Å². The maximum absolute atomic E-state index is 11.8. The minimum Gasteiger partial charge on any atom is -0.339 e. The molecule has 0 aliphatic heterocycles. The fourth-order valence-corrected chi connectivity index (χ4v) is 1.54. The average molecular weight is 251 g/mol. The molecule has 0 aliphatic rings. The summed E-state index contributed by atoms with van der Waals surface area (Å²) in [6, 6.07) is 9.14. The van der Waals surface area contributed by atoms with Gasteiger partial charge in [-0.05, 0) is 0 Å². The number of carbonyl (C=O) groups is 1. The Morgan fingerprint density at radius 3 is 2.71 bits per heavy atom. The number of aryl methyl sites for hydroxylation is 1. The van der Waals surface area contributed by atoms with Crippen molar-refractivity contribution >= 4 is 17.4 Å². The molecule has 0 saturated carbocycles. The summed E-state index contributed by atoms with van der Waals surface area (Å²) in [5.41, 5.74) is 0.699. The third-order valence-electron chi connectivity index (χ3n) is 2.29. The molecular formula is C12H11ClN2O2. The number of hydrogen-bond acceptors (Lipinski definition) is 4. The van der Waals surface area contributed by atoms with Crippen LogP contribution in [0.15, 0.2) is 34.9 Å². The lowest BCUT2D eigenvalue weighted by Crippen LogP contribution is -2.01. The zero-order valence-electron chi connectivity index (χ0n) is 9.10. The number of halogens is 1. The molecule has 0 aliphatic carbocycles. The number of aromatic nitrogens is 2. The lowest BCUT2D eigenvalue weighted by Gasteiger charge is -1.97. The number of nitrogens with zero attached hydrogens (tertiary/aromatic N) is 2. The van der Waals surface area contributed by atoms with Gasteiger partial charge in [0.1, 0.15) is 0 Å². The molecule has 1 heterocycles. The highest BCUT2D eigenvalue weighted by atomic mass is 35.5. The van der Waals surface area contributed by atoms with Gasteiger partial charge in [-0.25, -0.2) is 0 Å². The van der Waals surface area contributed by atoms with E-state index in [1.807, 2.05) is 18.2 Å². The van der Waals surface area contributed by atoms with Gasteiger partial charge in [-0.1, -0.05) is 35.5 Å². The van der Waals surface area contributed by atoms with Crippen molar-refractivity contribution in [2.75, 3.05) is 0 Å². The second-order valence-corrected chi connectivity index (χ2v) is 3.79. The first kappa shape index (κ1) is 11.8. The van der Waals surface area contributed by atoms with Crippen LogP contribution in [0, 0.1) is 0 Å². The number of hydrogen-bond donors (Lipinski definition) is 0. The van der Waals surface area contributed by atoms with Crippen LogP contribution in [0.2, 0.25) is 0 Å². The third-order valence-corrected chi connectivity index (χ3v) is 2.53. The fourth-order valence-electron chi connectivity index (χ4n) is 1.43. The number of alkyl halides is 1. The van der Waals surface area contributed by atoms with Gasteiger partial charge >= 0.3 is 0 Å². The van der Waals surface area contributed by atoms with Gasteiger partial charge in [0.2, 0.25) is 5.89 Å². The van der Waals surface area contributed by atoms with E-state index in [9.17, 15) is 4.79 Å². The number of rotatable bonds is 5. The summed E-state index contributed by atoms with van der Waals surface area (Å²) in [4.78, 5) is 15.8. The van der Waals surface area contributed by atoms with Crippen molar-refractivity contribution in [2.45, 2.75) is 18.7 Å². The van der Waals surface area contributed by atoms with Gasteiger partial charge in [-0.15, -0.1) is 11.6 Å². The van der Waals surface area contributed by atoms with Crippen LogP contribution in [0.1, 0.15) is 28.5 Å². The zero-order valence-corrected chi connectivity index (χ0v) is 9.85. The molecule has 0 spiro atoms. The van der Waals surface area contributed by atoms with E-state index in [2.05, 4.69) is 10.1 Å². The summed E-state index contributed by atoms with van der Waals surface area (Å²) < 4.78 is 4.94. The Kier molecular flexibility index (Phi) is 3.88.